The van der Waals surface area contributed by atoms with E-state index in [1.807, 2.05) is 54.6 Å². The van der Waals surface area contributed by atoms with Gasteiger partial charge in [-0.2, -0.15) is 0 Å². The quantitative estimate of drug-likeness (QED) is 0.237. The molecule has 4 amide bonds. The maximum Gasteiger partial charge on any atom is 0.244 e. The largest absolute Gasteiger partial charge is 0.356 e. The molecule has 9 nitrogen and oxygen atoms in total. The lowest BCUT2D eigenvalue weighted by molar-refractivity contribution is -0.142. The number of benzene rings is 3. The molecule has 0 saturated carbocycles. The van der Waals surface area contributed by atoms with E-state index in [1.165, 1.54) is 16.7 Å². The minimum atomic E-state index is -0.834. The van der Waals surface area contributed by atoms with Crippen LogP contribution >= 0.6 is 0 Å². The molecule has 0 fully saturated rings. The summed E-state index contributed by atoms with van der Waals surface area (Å²) in [6, 6.07) is 21.7. The zero-order valence-electron chi connectivity index (χ0n) is 25.9. The highest BCUT2D eigenvalue weighted by Gasteiger charge is 2.33. The predicted octanol–water partition coefficient (Wildman–Crippen LogP) is 2.92. The molecule has 2 unspecified atom stereocenters. The Morgan fingerprint density at radius 1 is 0.744 bits per heavy atom. The first-order valence-corrected chi connectivity index (χ1v) is 14.8. The zero-order chi connectivity index (χ0) is 31.4. The lowest BCUT2D eigenvalue weighted by Crippen LogP contribution is -2.57. The van der Waals surface area contributed by atoms with Crippen LogP contribution in [-0.2, 0) is 32.0 Å². The number of nitrogens with one attached hydrogen (secondary N) is 3. The summed E-state index contributed by atoms with van der Waals surface area (Å²) < 4.78 is 0. The molecule has 43 heavy (non-hydrogen) atoms. The van der Waals surface area contributed by atoms with Crippen LogP contribution in [0, 0.1) is 0 Å². The van der Waals surface area contributed by atoms with E-state index in [4.69, 9.17) is 0 Å². The maximum atomic E-state index is 13.9. The summed E-state index contributed by atoms with van der Waals surface area (Å²) in [4.78, 5) is 54.9. The molecule has 0 bridgehead atoms. The summed E-state index contributed by atoms with van der Waals surface area (Å²) in [6.07, 6.45) is 2.49. The van der Waals surface area contributed by atoms with E-state index in [9.17, 15) is 19.2 Å². The topological polar surface area (TPSA) is 111 Å². The van der Waals surface area contributed by atoms with Gasteiger partial charge in [0, 0.05) is 41.0 Å². The van der Waals surface area contributed by atoms with Crippen molar-refractivity contribution in [1.82, 2.24) is 25.8 Å². The van der Waals surface area contributed by atoms with Gasteiger partial charge in [-0.05, 0) is 54.6 Å². The second-order valence-electron chi connectivity index (χ2n) is 11.2. The Balaban J connectivity index is 1.79. The number of carbonyl (C=O) groups excluding carboxylic acids is 4. The van der Waals surface area contributed by atoms with Crippen molar-refractivity contribution in [3.8, 4) is 0 Å². The second kappa shape index (κ2) is 16.4. The third-order valence-corrected chi connectivity index (χ3v) is 7.64. The van der Waals surface area contributed by atoms with E-state index in [0.29, 0.717) is 38.6 Å². The third kappa shape index (κ3) is 9.92. The first-order chi connectivity index (χ1) is 20.6. The van der Waals surface area contributed by atoms with Crippen LogP contribution in [0.3, 0.4) is 0 Å². The molecule has 3 aromatic carbocycles. The molecule has 3 rings (SSSR count). The van der Waals surface area contributed by atoms with Gasteiger partial charge in [-0.1, -0.05) is 72.8 Å². The van der Waals surface area contributed by atoms with Gasteiger partial charge in [-0.3, -0.25) is 19.2 Å². The van der Waals surface area contributed by atoms with Gasteiger partial charge >= 0.3 is 0 Å². The molecular formula is C34H45N5O4. The van der Waals surface area contributed by atoms with Crippen LogP contribution in [0.25, 0.3) is 10.8 Å². The molecule has 0 aliphatic heterocycles. The fourth-order valence-electron chi connectivity index (χ4n) is 5.13. The average molecular weight is 588 g/mol. The number of likely N-dealkylation sites (N-methyl/N-ethyl adjacent to an activating group) is 3. The smallest absolute Gasteiger partial charge is 0.244 e. The van der Waals surface area contributed by atoms with E-state index < -0.39 is 18.1 Å². The Morgan fingerprint density at radius 3 is 2.07 bits per heavy atom. The highest BCUT2D eigenvalue weighted by atomic mass is 16.2. The summed E-state index contributed by atoms with van der Waals surface area (Å²) in [5, 5.41) is 11.1. The van der Waals surface area contributed by atoms with Gasteiger partial charge in [0.1, 0.15) is 12.1 Å². The van der Waals surface area contributed by atoms with E-state index >= 15 is 0 Å². The molecule has 0 saturated heterocycles. The Kier molecular flexibility index (Phi) is 12.7. The Labute approximate surface area is 255 Å². The molecule has 3 aromatic rings. The Bertz CT molecular complexity index is 1380. The molecule has 0 heterocycles. The fourth-order valence-corrected chi connectivity index (χ4v) is 5.13. The van der Waals surface area contributed by atoms with Crippen molar-refractivity contribution in [3.63, 3.8) is 0 Å². The number of carbonyl (C=O) groups is 4. The molecule has 0 spiro atoms. The minimum Gasteiger partial charge on any atom is -0.356 e. The van der Waals surface area contributed by atoms with Gasteiger partial charge in [0.2, 0.25) is 23.6 Å². The molecule has 3 atom stereocenters. The average Bonchev–Trinajstić information content (AvgIpc) is 3.00. The van der Waals surface area contributed by atoms with Gasteiger partial charge in [0.15, 0.2) is 0 Å². The van der Waals surface area contributed by atoms with E-state index in [1.54, 1.807) is 28.2 Å². The SMILES string of the molecule is CNC(Cc1ccc2ccccc2c1)C(=O)N(C)C(Cc1ccccc1)C(=O)N[C@@H](CCCCNC(C)=O)C(=O)N(C)C. The highest BCUT2D eigenvalue weighted by molar-refractivity contribution is 5.93. The van der Waals surface area contributed by atoms with Crippen molar-refractivity contribution in [2.75, 3.05) is 34.7 Å². The number of hydrogen-bond acceptors (Lipinski definition) is 5. The van der Waals surface area contributed by atoms with Crippen molar-refractivity contribution in [2.24, 2.45) is 0 Å². The van der Waals surface area contributed by atoms with Crippen molar-refractivity contribution < 1.29 is 19.2 Å². The number of unbranched alkanes of at least 4 members (excludes halogenated alkanes) is 1. The van der Waals surface area contributed by atoms with E-state index in [2.05, 4.69) is 34.1 Å². The van der Waals surface area contributed by atoms with Crippen LogP contribution in [-0.4, -0.2) is 86.3 Å². The number of rotatable bonds is 15. The highest BCUT2D eigenvalue weighted by Crippen LogP contribution is 2.18. The van der Waals surface area contributed by atoms with E-state index in [0.717, 1.165) is 21.9 Å². The van der Waals surface area contributed by atoms with Crippen LogP contribution in [0.5, 0.6) is 0 Å². The first-order valence-electron chi connectivity index (χ1n) is 14.8. The lowest BCUT2D eigenvalue weighted by Gasteiger charge is -2.32. The van der Waals surface area contributed by atoms with Gasteiger partial charge in [0.05, 0.1) is 6.04 Å². The van der Waals surface area contributed by atoms with Gasteiger partial charge in [-0.15, -0.1) is 0 Å². The van der Waals surface area contributed by atoms with E-state index in [-0.39, 0.29) is 23.6 Å². The normalized spacial score (nSPS) is 13.0. The van der Waals surface area contributed by atoms with Crippen LogP contribution in [0.1, 0.15) is 37.3 Å². The molecule has 9 heteroatoms. The van der Waals surface area contributed by atoms with Crippen LogP contribution < -0.4 is 16.0 Å². The monoisotopic (exact) mass is 587 g/mol. The fraction of sp³-hybridized carbons (Fsp3) is 0.412. The predicted molar refractivity (Wildman–Crippen MR) is 170 cm³/mol. The summed E-state index contributed by atoms with van der Waals surface area (Å²) in [6.45, 7) is 1.96. The molecule has 0 aromatic heterocycles. The van der Waals surface area contributed by atoms with Gasteiger partial charge in [-0.25, -0.2) is 0 Å². The number of fused-ring (bicyclic) bond motifs is 1. The van der Waals surface area contributed by atoms with Gasteiger partial charge in [0.25, 0.3) is 0 Å². The summed E-state index contributed by atoms with van der Waals surface area (Å²) >= 11 is 0. The summed E-state index contributed by atoms with van der Waals surface area (Å²) in [7, 11) is 6.70. The number of hydrogen-bond donors (Lipinski definition) is 3. The van der Waals surface area contributed by atoms with Crippen molar-refractivity contribution in [3.05, 3.63) is 83.9 Å². The Morgan fingerprint density at radius 2 is 1.42 bits per heavy atom. The maximum absolute atomic E-state index is 13.9. The first kappa shape index (κ1) is 33.3. The van der Waals surface area contributed by atoms with Crippen molar-refractivity contribution in [2.45, 2.75) is 57.2 Å². The van der Waals surface area contributed by atoms with Crippen LogP contribution in [0.2, 0.25) is 0 Å². The third-order valence-electron chi connectivity index (χ3n) is 7.64. The van der Waals surface area contributed by atoms with Crippen LogP contribution in [0.4, 0.5) is 0 Å². The lowest BCUT2D eigenvalue weighted by atomic mass is 9.99. The second-order valence-corrected chi connectivity index (χ2v) is 11.2. The summed E-state index contributed by atoms with van der Waals surface area (Å²) in [5.41, 5.74) is 1.92. The number of amides is 4. The molecule has 3 N–H and O–H groups in total. The molecule has 0 aliphatic rings. The van der Waals surface area contributed by atoms with Crippen LogP contribution in [0.15, 0.2) is 72.8 Å². The van der Waals surface area contributed by atoms with Crippen molar-refractivity contribution >= 4 is 34.4 Å². The minimum absolute atomic E-state index is 0.105. The number of nitrogens with zero attached hydrogens (tertiary/aromatic N) is 2. The molecule has 0 aliphatic carbocycles. The molecule has 0 radical (unpaired) electrons. The Hall–Kier alpha value is -4.24. The molecule has 230 valence electrons. The zero-order valence-corrected chi connectivity index (χ0v) is 25.9. The van der Waals surface area contributed by atoms with Crippen molar-refractivity contribution in [1.29, 1.82) is 0 Å². The standard InChI is InChI=1S/C34H45N5O4/c1-24(40)36-20-12-11-17-29(33(42)38(3)4)37-32(41)31(23-25-13-7-6-8-14-25)39(5)34(43)30(35-2)22-26-18-19-27-15-9-10-16-28(27)21-26/h6-10,13-16,18-19,21,29-31,35H,11-12,17,20,22-23H2,1-5H3,(H,36,40)(H,37,41)/t29-,30?,31?/m0/s1. The summed E-state index contributed by atoms with van der Waals surface area (Å²) in [5.74, 6) is -0.921. The van der Waals surface area contributed by atoms with Gasteiger partial charge < -0.3 is 25.8 Å². The molecular weight excluding hydrogens is 542 g/mol.